The van der Waals surface area contributed by atoms with E-state index in [-0.39, 0.29) is 24.5 Å². The number of ketones is 1. The van der Waals surface area contributed by atoms with Crippen molar-refractivity contribution >= 4 is 17.5 Å². The van der Waals surface area contributed by atoms with Crippen molar-refractivity contribution in [2.75, 3.05) is 18.5 Å². The minimum absolute atomic E-state index is 0.00207. The number of hydrogen-bond acceptors (Lipinski definition) is 3. The predicted molar refractivity (Wildman–Crippen MR) is 72.3 cm³/mol. The summed E-state index contributed by atoms with van der Waals surface area (Å²) in [6, 6.07) is 6.50. The van der Waals surface area contributed by atoms with Crippen LogP contribution in [0.3, 0.4) is 0 Å². The van der Waals surface area contributed by atoms with Gasteiger partial charge in [-0.15, -0.1) is 0 Å². The molecule has 5 heteroatoms. The molecule has 1 aromatic rings. The zero-order chi connectivity index (χ0) is 13.8. The quantitative estimate of drug-likeness (QED) is 0.817. The Hall–Kier alpha value is -1.88. The molecule has 1 aromatic carbocycles. The van der Waals surface area contributed by atoms with E-state index in [4.69, 9.17) is 0 Å². The first-order valence-corrected chi connectivity index (χ1v) is 6.41. The first-order valence-electron chi connectivity index (χ1n) is 6.41. The largest absolute Gasteiger partial charge is 0.394 e. The number of urea groups is 1. The normalized spacial score (nSPS) is 18.4. The summed E-state index contributed by atoms with van der Waals surface area (Å²) in [7, 11) is 0. The maximum Gasteiger partial charge on any atom is 0.322 e. The van der Waals surface area contributed by atoms with Crippen molar-refractivity contribution in [3.63, 3.8) is 0 Å². The number of aliphatic hydroxyl groups excluding tert-OH is 1. The van der Waals surface area contributed by atoms with Gasteiger partial charge in [-0.25, -0.2) is 4.79 Å². The van der Waals surface area contributed by atoms with Gasteiger partial charge in [0.25, 0.3) is 0 Å². The summed E-state index contributed by atoms with van der Waals surface area (Å²) >= 11 is 0. The minimum Gasteiger partial charge on any atom is -0.394 e. The summed E-state index contributed by atoms with van der Waals surface area (Å²) < 4.78 is 0. The maximum absolute atomic E-state index is 12.0. The van der Waals surface area contributed by atoms with Gasteiger partial charge in [-0.3, -0.25) is 4.79 Å². The van der Waals surface area contributed by atoms with Crippen LogP contribution in [0.5, 0.6) is 0 Å². The molecule has 2 amide bonds. The van der Waals surface area contributed by atoms with Gasteiger partial charge < -0.3 is 15.3 Å². The van der Waals surface area contributed by atoms with Gasteiger partial charge in [0.15, 0.2) is 5.78 Å². The molecule has 2 rings (SSSR count). The lowest BCUT2D eigenvalue weighted by Crippen LogP contribution is -2.40. The smallest absolute Gasteiger partial charge is 0.322 e. The summed E-state index contributed by atoms with van der Waals surface area (Å²) in [5.41, 5.74) is 1.27. The number of carbonyl (C=O) groups excluding carboxylic acids is 2. The molecule has 1 aliphatic heterocycles. The Labute approximate surface area is 112 Å². The van der Waals surface area contributed by atoms with E-state index in [2.05, 4.69) is 5.32 Å². The summed E-state index contributed by atoms with van der Waals surface area (Å²) in [6.45, 7) is 2.17. The van der Waals surface area contributed by atoms with Crippen molar-refractivity contribution in [3.8, 4) is 0 Å². The van der Waals surface area contributed by atoms with Gasteiger partial charge in [0.05, 0.1) is 12.6 Å². The molecule has 102 valence electrons. The average Bonchev–Trinajstić information content (AvgIpc) is 2.87. The third kappa shape index (κ3) is 3.12. The lowest BCUT2D eigenvalue weighted by molar-refractivity contribution is 0.101. The molecule has 0 saturated carbocycles. The zero-order valence-electron chi connectivity index (χ0n) is 10.9. The van der Waals surface area contributed by atoms with Gasteiger partial charge in [0, 0.05) is 17.8 Å². The molecule has 0 unspecified atom stereocenters. The van der Waals surface area contributed by atoms with Crippen LogP contribution in [-0.2, 0) is 0 Å². The van der Waals surface area contributed by atoms with Crippen LogP contribution in [0.15, 0.2) is 24.3 Å². The number of likely N-dealkylation sites (tertiary alicyclic amines) is 1. The molecule has 0 radical (unpaired) electrons. The summed E-state index contributed by atoms with van der Waals surface area (Å²) in [5, 5.41) is 12.0. The van der Waals surface area contributed by atoms with Crippen LogP contribution in [0.2, 0.25) is 0 Å². The average molecular weight is 262 g/mol. The minimum atomic E-state index is -0.202. The SMILES string of the molecule is CC(=O)c1ccc(NC(=O)N2CCC[C@H]2CO)cc1. The van der Waals surface area contributed by atoms with Crippen molar-refractivity contribution in [3.05, 3.63) is 29.8 Å². The van der Waals surface area contributed by atoms with E-state index < -0.39 is 0 Å². The van der Waals surface area contributed by atoms with Crippen LogP contribution in [-0.4, -0.2) is 41.0 Å². The highest BCUT2D eigenvalue weighted by Gasteiger charge is 2.27. The Morgan fingerprint density at radius 3 is 2.63 bits per heavy atom. The molecule has 0 bridgehead atoms. The highest BCUT2D eigenvalue weighted by molar-refractivity contribution is 5.95. The molecule has 1 atom stereocenters. The number of anilines is 1. The van der Waals surface area contributed by atoms with E-state index in [1.54, 1.807) is 29.2 Å². The summed E-state index contributed by atoms with van der Waals surface area (Å²) in [4.78, 5) is 24.8. The molecule has 2 N–H and O–H groups in total. The first kappa shape index (κ1) is 13.5. The number of aliphatic hydroxyl groups is 1. The van der Waals surface area contributed by atoms with Gasteiger partial charge in [0.2, 0.25) is 0 Å². The van der Waals surface area contributed by atoms with E-state index in [0.29, 0.717) is 17.8 Å². The van der Waals surface area contributed by atoms with Crippen LogP contribution in [0.25, 0.3) is 0 Å². The Balaban J connectivity index is 2.00. The molecule has 1 heterocycles. The Bertz CT molecular complexity index is 470. The van der Waals surface area contributed by atoms with Crippen LogP contribution in [0, 0.1) is 0 Å². The van der Waals surface area contributed by atoms with E-state index in [9.17, 15) is 14.7 Å². The van der Waals surface area contributed by atoms with Crippen molar-refractivity contribution < 1.29 is 14.7 Å². The molecule has 0 aromatic heterocycles. The number of nitrogens with zero attached hydrogens (tertiary/aromatic N) is 1. The Kier molecular flexibility index (Phi) is 4.16. The van der Waals surface area contributed by atoms with Gasteiger partial charge in [-0.05, 0) is 44.0 Å². The van der Waals surface area contributed by atoms with E-state index in [1.165, 1.54) is 6.92 Å². The highest BCUT2D eigenvalue weighted by atomic mass is 16.3. The van der Waals surface area contributed by atoms with Gasteiger partial charge >= 0.3 is 6.03 Å². The van der Waals surface area contributed by atoms with Crippen LogP contribution in [0.4, 0.5) is 10.5 Å². The van der Waals surface area contributed by atoms with Crippen LogP contribution in [0.1, 0.15) is 30.1 Å². The standard InChI is InChI=1S/C14H18N2O3/c1-10(18)11-4-6-12(7-5-11)15-14(19)16-8-2-3-13(16)9-17/h4-7,13,17H,2-3,8-9H2,1H3,(H,15,19)/t13-/m0/s1. The Morgan fingerprint density at radius 2 is 2.05 bits per heavy atom. The fourth-order valence-electron chi connectivity index (χ4n) is 2.28. The third-order valence-corrected chi connectivity index (χ3v) is 3.39. The molecule has 1 saturated heterocycles. The van der Waals surface area contributed by atoms with Gasteiger partial charge in [-0.1, -0.05) is 0 Å². The fourth-order valence-corrected chi connectivity index (χ4v) is 2.28. The fraction of sp³-hybridized carbons (Fsp3) is 0.429. The third-order valence-electron chi connectivity index (χ3n) is 3.39. The second-order valence-electron chi connectivity index (χ2n) is 4.74. The van der Waals surface area contributed by atoms with E-state index in [1.807, 2.05) is 0 Å². The van der Waals surface area contributed by atoms with E-state index in [0.717, 1.165) is 12.8 Å². The van der Waals surface area contributed by atoms with Crippen LogP contribution < -0.4 is 5.32 Å². The second kappa shape index (κ2) is 5.84. The molecule has 1 fully saturated rings. The highest BCUT2D eigenvalue weighted by Crippen LogP contribution is 2.18. The summed E-state index contributed by atoms with van der Waals surface area (Å²) in [5.74, 6) is -0.00207. The topological polar surface area (TPSA) is 69.6 Å². The van der Waals surface area contributed by atoms with Crippen LogP contribution >= 0.6 is 0 Å². The monoisotopic (exact) mass is 262 g/mol. The van der Waals surface area contributed by atoms with Gasteiger partial charge in [-0.2, -0.15) is 0 Å². The number of amides is 2. The molecule has 5 nitrogen and oxygen atoms in total. The zero-order valence-corrected chi connectivity index (χ0v) is 10.9. The second-order valence-corrected chi connectivity index (χ2v) is 4.74. The number of benzene rings is 1. The number of rotatable bonds is 3. The number of Topliss-reactive ketones (excluding diaryl/α,β-unsaturated/α-hetero) is 1. The van der Waals surface area contributed by atoms with Crippen molar-refractivity contribution in [2.45, 2.75) is 25.8 Å². The Morgan fingerprint density at radius 1 is 1.37 bits per heavy atom. The maximum atomic E-state index is 12.0. The molecule has 1 aliphatic rings. The molecular formula is C14H18N2O3. The lowest BCUT2D eigenvalue weighted by atomic mass is 10.1. The first-order chi connectivity index (χ1) is 9.11. The molecular weight excluding hydrogens is 244 g/mol. The van der Waals surface area contributed by atoms with Gasteiger partial charge in [0.1, 0.15) is 0 Å². The number of hydrogen-bond donors (Lipinski definition) is 2. The van der Waals surface area contributed by atoms with Crippen molar-refractivity contribution in [2.24, 2.45) is 0 Å². The predicted octanol–water partition coefficient (Wildman–Crippen LogP) is 1.88. The van der Waals surface area contributed by atoms with E-state index >= 15 is 0 Å². The molecule has 0 aliphatic carbocycles. The lowest BCUT2D eigenvalue weighted by Gasteiger charge is -2.23. The number of nitrogens with one attached hydrogen (secondary N) is 1. The van der Waals surface area contributed by atoms with Crippen molar-refractivity contribution in [1.82, 2.24) is 4.90 Å². The molecule has 19 heavy (non-hydrogen) atoms. The number of carbonyl (C=O) groups is 2. The van der Waals surface area contributed by atoms with Crippen molar-refractivity contribution in [1.29, 1.82) is 0 Å². The summed E-state index contributed by atoms with van der Waals surface area (Å²) in [6.07, 6.45) is 1.76. The molecule has 0 spiro atoms.